The minimum Gasteiger partial charge on any atom is -0.480 e. The molecule has 13 nitrogen and oxygen atoms in total. The molecule has 33 heavy (non-hydrogen) atoms. The Hall–Kier alpha value is -3.22. The molecule has 2 heterocycles. The first-order valence-corrected chi connectivity index (χ1v) is 11.0. The van der Waals surface area contributed by atoms with Crippen molar-refractivity contribution in [1.82, 2.24) is 25.8 Å². The van der Waals surface area contributed by atoms with Crippen LogP contribution in [0.1, 0.15) is 39.5 Å². The van der Waals surface area contributed by atoms with Crippen LogP contribution in [0, 0.1) is 0 Å². The molecule has 0 unspecified atom stereocenters. The number of rotatable bonds is 9. The lowest BCUT2D eigenvalue weighted by atomic mass is 10.1. The quantitative estimate of drug-likeness (QED) is 0.238. The summed E-state index contributed by atoms with van der Waals surface area (Å²) in [5, 5.41) is 16.6. The normalized spacial score (nSPS) is 21.8. The van der Waals surface area contributed by atoms with E-state index in [4.69, 9.17) is 5.73 Å². The fourth-order valence-corrected chi connectivity index (χ4v) is 3.99. The maximum atomic E-state index is 12.9. The molecule has 0 spiro atoms. The molecule has 0 radical (unpaired) electrons. The maximum absolute atomic E-state index is 12.9. The number of aliphatic carboxylic acids is 1. The highest BCUT2D eigenvalue weighted by Crippen LogP contribution is 2.25. The second-order valence-electron chi connectivity index (χ2n) is 8.21. The van der Waals surface area contributed by atoms with Crippen LogP contribution in [0.3, 0.4) is 0 Å². The Labute approximate surface area is 191 Å². The van der Waals surface area contributed by atoms with Gasteiger partial charge < -0.3 is 36.6 Å². The van der Waals surface area contributed by atoms with Crippen LogP contribution in [-0.2, 0) is 28.8 Å². The summed E-state index contributed by atoms with van der Waals surface area (Å²) in [5.74, 6) is -3.62. The lowest BCUT2D eigenvalue weighted by molar-refractivity contribution is -0.151. The van der Waals surface area contributed by atoms with Gasteiger partial charge in [-0.05, 0) is 39.5 Å². The molecule has 4 atom stereocenters. The summed E-state index contributed by atoms with van der Waals surface area (Å²) in [6.45, 7) is 2.90. The van der Waals surface area contributed by atoms with Gasteiger partial charge in [0.05, 0.1) is 13.1 Å². The SMILES string of the molecule is C[C@H](NC(=O)CN)C(=O)N[C@@H](C)C(=O)NCC(=O)N1CCC[C@H]1C(=O)N1CCC[C@H]1C(=O)O. The van der Waals surface area contributed by atoms with Crippen LogP contribution in [0.4, 0.5) is 0 Å². The van der Waals surface area contributed by atoms with E-state index in [-0.39, 0.29) is 19.0 Å². The largest absolute Gasteiger partial charge is 0.480 e. The van der Waals surface area contributed by atoms with Crippen LogP contribution in [0.2, 0.25) is 0 Å². The molecule has 2 saturated heterocycles. The van der Waals surface area contributed by atoms with Gasteiger partial charge in [-0.15, -0.1) is 0 Å². The second kappa shape index (κ2) is 11.6. The van der Waals surface area contributed by atoms with Crippen molar-refractivity contribution in [3.05, 3.63) is 0 Å². The van der Waals surface area contributed by atoms with Crippen LogP contribution >= 0.6 is 0 Å². The van der Waals surface area contributed by atoms with Crippen molar-refractivity contribution in [2.75, 3.05) is 26.2 Å². The molecule has 0 aromatic carbocycles. The van der Waals surface area contributed by atoms with Gasteiger partial charge in [-0.2, -0.15) is 0 Å². The van der Waals surface area contributed by atoms with Crippen molar-refractivity contribution < 1.29 is 33.9 Å². The van der Waals surface area contributed by atoms with E-state index in [9.17, 15) is 33.9 Å². The van der Waals surface area contributed by atoms with Crippen LogP contribution in [-0.4, -0.2) is 101 Å². The number of carboxylic acid groups (broad SMARTS) is 1. The van der Waals surface area contributed by atoms with Crippen molar-refractivity contribution in [1.29, 1.82) is 0 Å². The van der Waals surface area contributed by atoms with Crippen molar-refractivity contribution in [2.45, 2.75) is 63.7 Å². The van der Waals surface area contributed by atoms with E-state index in [1.165, 1.54) is 23.6 Å². The monoisotopic (exact) mass is 468 g/mol. The van der Waals surface area contributed by atoms with Gasteiger partial charge in [0.2, 0.25) is 29.5 Å². The lowest BCUT2D eigenvalue weighted by Gasteiger charge is -2.30. The van der Waals surface area contributed by atoms with Crippen molar-refractivity contribution in [2.24, 2.45) is 5.73 Å². The molecule has 0 aliphatic carbocycles. The highest BCUT2D eigenvalue weighted by Gasteiger charge is 2.42. The number of nitrogens with two attached hydrogens (primary N) is 1. The van der Waals surface area contributed by atoms with Crippen LogP contribution < -0.4 is 21.7 Å². The van der Waals surface area contributed by atoms with Crippen LogP contribution in [0.15, 0.2) is 0 Å². The number of likely N-dealkylation sites (tertiary alicyclic amines) is 2. The molecule has 6 N–H and O–H groups in total. The molecule has 0 saturated carbocycles. The summed E-state index contributed by atoms with van der Waals surface area (Å²) in [6.07, 6.45) is 2.01. The summed E-state index contributed by atoms with van der Waals surface area (Å²) in [7, 11) is 0. The van der Waals surface area contributed by atoms with Gasteiger partial charge in [-0.25, -0.2) is 4.79 Å². The van der Waals surface area contributed by atoms with Crippen LogP contribution in [0.25, 0.3) is 0 Å². The zero-order chi connectivity index (χ0) is 24.7. The first kappa shape index (κ1) is 26.0. The summed E-state index contributed by atoms with van der Waals surface area (Å²) >= 11 is 0. The first-order chi connectivity index (χ1) is 15.6. The molecule has 13 heteroatoms. The van der Waals surface area contributed by atoms with Gasteiger partial charge in [-0.1, -0.05) is 0 Å². The molecule has 2 rings (SSSR count). The van der Waals surface area contributed by atoms with Crippen molar-refractivity contribution in [3.8, 4) is 0 Å². The van der Waals surface area contributed by atoms with E-state index in [1.54, 1.807) is 0 Å². The summed E-state index contributed by atoms with van der Waals surface area (Å²) in [5.41, 5.74) is 5.18. The van der Waals surface area contributed by atoms with E-state index in [1.807, 2.05) is 0 Å². The third-order valence-electron chi connectivity index (χ3n) is 5.80. The van der Waals surface area contributed by atoms with E-state index >= 15 is 0 Å². The number of nitrogens with one attached hydrogen (secondary N) is 3. The third-order valence-corrected chi connectivity index (χ3v) is 5.80. The minimum atomic E-state index is -1.06. The summed E-state index contributed by atoms with van der Waals surface area (Å²) in [4.78, 5) is 75.3. The number of carbonyl (C=O) groups is 6. The third kappa shape index (κ3) is 6.63. The molecular formula is C20H32N6O7. The predicted octanol–water partition coefficient (Wildman–Crippen LogP) is -2.86. The average Bonchev–Trinajstić information content (AvgIpc) is 3.46. The summed E-state index contributed by atoms with van der Waals surface area (Å²) in [6, 6.07) is -3.50. The number of nitrogens with zero attached hydrogens (tertiary/aromatic N) is 2. The number of carboxylic acids is 1. The molecule has 0 aromatic rings. The Bertz CT molecular complexity index is 804. The zero-order valence-electron chi connectivity index (χ0n) is 18.8. The van der Waals surface area contributed by atoms with Gasteiger partial charge >= 0.3 is 5.97 Å². The number of hydrogen-bond acceptors (Lipinski definition) is 7. The molecule has 184 valence electrons. The van der Waals surface area contributed by atoms with E-state index in [0.29, 0.717) is 38.8 Å². The van der Waals surface area contributed by atoms with Gasteiger partial charge in [0, 0.05) is 13.1 Å². The fourth-order valence-electron chi connectivity index (χ4n) is 3.99. The summed E-state index contributed by atoms with van der Waals surface area (Å²) < 4.78 is 0. The molecule has 0 bridgehead atoms. The van der Waals surface area contributed by atoms with Gasteiger partial charge in [-0.3, -0.25) is 24.0 Å². The Morgan fingerprint density at radius 3 is 2.09 bits per heavy atom. The standard InChI is InChI=1S/C20H32N6O7/c1-11(24-18(30)12(2)23-15(27)9-21)17(29)22-10-16(28)25-7-3-5-13(25)19(31)26-8-4-6-14(26)20(32)33/h11-14H,3-10,21H2,1-2H3,(H,22,29)(H,23,27)(H,24,30)(H,32,33)/t11-,12-,13-,14-/m0/s1. The molecule has 0 aromatic heterocycles. The molecule has 2 aliphatic rings. The first-order valence-electron chi connectivity index (χ1n) is 11.0. The van der Waals surface area contributed by atoms with Gasteiger partial charge in [0.15, 0.2) is 0 Å². The van der Waals surface area contributed by atoms with E-state index in [0.717, 1.165) is 0 Å². The second-order valence-corrected chi connectivity index (χ2v) is 8.21. The Balaban J connectivity index is 1.86. The molecule has 2 fully saturated rings. The molecule has 5 amide bonds. The van der Waals surface area contributed by atoms with Crippen molar-refractivity contribution in [3.63, 3.8) is 0 Å². The Morgan fingerprint density at radius 2 is 1.48 bits per heavy atom. The molecule has 2 aliphatic heterocycles. The van der Waals surface area contributed by atoms with Gasteiger partial charge in [0.25, 0.3) is 0 Å². The zero-order valence-corrected chi connectivity index (χ0v) is 18.8. The van der Waals surface area contributed by atoms with Gasteiger partial charge in [0.1, 0.15) is 24.2 Å². The van der Waals surface area contributed by atoms with E-state index < -0.39 is 53.8 Å². The highest BCUT2D eigenvalue weighted by molar-refractivity contribution is 5.95. The topological polar surface area (TPSA) is 191 Å². The van der Waals surface area contributed by atoms with Crippen LogP contribution in [0.5, 0.6) is 0 Å². The smallest absolute Gasteiger partial charge is 0.326 e. The Kier molecular flexibility index (Phi) is 9.14. The molecular weight excluding hydrogens is 436 g/mol. The highest BCUT2D eigenvalue weighted by atomic mass is 16.4. The maximum Gasteiger partial charge on any atom is 0.326 e. The number of carbonyl (C=O) groups excluding carboxylic acids is 5. The predicted molar refractivity (Wildman–Crippen MR) is 114 cm³/mol. The van der Waals surface area contributed by atoms with E-state index in [2.05, 4.69) is 16.0 Å². The average molecular weight is 469 g/mol. The lowest BCUT2D eigenvalue weighted by Crippen LogP contribution is -2.54. The van der Waals surface area contributed by atoms with Crippen molar-refractivity contribution >= 4 is 35.5 Å². The minimum absolute atomic E-state index is 0.273. The number of amides is 5. The Morgan fingerprint density at radius 1 is 0.909 bits per heavy atom. The number of hydrogen-bond donors (Lipinski definition) is 5. The fraction of sp³-hybridized carbons (Fsp3) is 0.700.